The summed E-state index contributed by atoms with van der Waals surface area (Å²) in [5, 5.41) is 8.94. The number of halogens is 4. The van der Waals surface area contributed by atoms with Crippen molar-refractivity contribution < 1.29 is 22.8 Å². The molecule has 2 amide bonds. The monoisotopic (exact) mass is 495 g/mol. The standard InChI is InChI=1S/C19H13ClF3N7O2S/c1-9(28-16(31)10-6-27-30-4-2-3-24-15(10)30)18-26-8-13(33-18)17(32)29-14-5-11(19(21,22)23)12(20)7-25-14/h2-9H,1H3,(H,28,31)(H,25,29,32). The van der Waals surface area contributed by atoms with Crippen molar-refractivity contribution in [3.63, 3.8) is 0 Å². The van der Waals surface area contributed by atoms with E-state index in [0.29, 0.717) is 16.7 Å². The zero-order chi connectivity index (χ0) is 23.8. The second-order valence-electron chi connectivity index (χ2n) is 6.71. The maximum atomic E-state index is 13.0. The molecule has 4 aromatic rings. The highest BCUT2D eigenvalue weighted by molar-refractivity contribution is 7.13. The maximum Gasteiger partial charge on any atom is 0.418 e. The molecule has 0 radical (unpaired) electrons. The zero-order valence-corrected chi connectivity index (χ0v) is 18.2. The Kier molecular flexibility index (Phi) is 5.99. The fourth-order valence-corrected chi connectivity index (χ4v) is 3.84. The molecule has 2 N–H and O–H groups in total. The minimum Gasteiger partial charge on any atom is -0.343 e. The van der Waals surface area contributed by atoms with Gasteiger partial charge >= 0.3 is 6.18 Å². The largest absolute Gasteiger partial charge is 0.418 e. The molecule has 0 aliphatic heterocycles. The molecule has 0 bridgehead atoms. The first-order valence-corrected chi connectivity index (χ1v) is 10.4. The SMILES string of the molecule is CC(NC(=O)c1cnn2cccnc12)c1ncc(C(=O)Nc2cc(C(F)(F)F)c(Cl)cn2)s1. The molecule has 4 rings (SSSR count). The van der Waals surface area contributed by atoms with E-state index in [4.69, 9.17) is 11.6 Å². The molecule has 1 atom stereocenters. The number of thiazole rings is 1. The Morgan fingerprint density at radius 3 is 2.70 bits per heavy atom. The van der Waals surface area contributed by atoms with E-state index in [9.17, 15) is 22.8 Å². The van der Waals surface area contributed by atoms with Gasteiger partial charge in [-0.25, -0.2) is 19.5 Å². The summed E-state index contributed by atoms with van der Waals surface area (Å²) in [5.41, 5.74) is -0.459. The molecule has 9 nitrogen and oxygen atoms in total. The van der Waals surface area contributed by atoms with Gasteiger partial charge in [-0.05, 0) is 19.1 Å². The number of amides is 2. The lowest BCUT2D eigenvalue weighted by Crippen LogP contribution is -2.26. The number of carbonyl (C=O) groups excluding carboxylic acids is 2. The van der Waals surface area contributed by atoms with Crippen LogP contribution in [0.15, 0.2) is 43.1 Å². The van der Waals surface area contributed by atoms with Gasteiger partial charge in [0, 0.05) is 18.6 Å². The van der Waals surface area contributed by atoms with Crippen LogP contribution in [0.3, 0.4) is 0 Å². The van der Waals surface area contributed by atoms with Crippen LogP contribution < -0.4 is 10.6 Å². The molecular weight excluding hydrogens is 483 g/mol. The van der Waals surface area contributed by atoms with E-state index >= 15 is 0 Å². The number of nitrogens with zero attached hydrogens (tertiary/aromatic N) is 5. The van der Waals surface area contributed by atoms with Crippen LogP contribution in [0.5, 0.6) is 0 Å². The number of alkyl halides is 3. The van der Waals surface area contributed by atoms with Crippen molar-refractivity contribution in [1.82, 2.24) is 29.9 Å². The van der Waals surface area contributed by atoms with Crippen molar-refractivity contribution in [2.24, 2.45) is 0 Å². The van der Waals surface area contributed by atoms with Gasteiger partial charge in [-0.2, -0.15) is 18.3 Å². The molecule has 4 aromatic heterocycles. The molecule has 0 spiro atoms. The Labute approximate surface area is 192 Å². The van der Waals surface area contributed by atoms with E-state index in [1.807, 2.05) is 0 Å². The molecule has 0 aliphatic rings. The van der Waals surface area contributed by atoms with Crippen molar-refractivity contribution in [1.29, 1.82) is 0 Å². The van der Waals surface area contributed by atoms with Gasteiger partial charge in [0.2, 0.25) is 0 Å². The highest BCUT2D eigenvalue weighted by Crippen LogP contribution is 2.35. The number of pyridine rings is 1. The van der Waals surface area contributed by atoms with Gasteiger partial charge < -0.3 is 10.6 Å². The molecule has 1 unspecified atom stereocenters. The summed E-state index contributed by atoms with van der Waals surface area (Å²) in [6.07, 6.45) is 1.96. The van der Waals surface area contributed by atoms with Gasteiger partial charge in [0.15, 0.2) is 5.65 Å². The Hall–Kier alpha value is -3.58. The zero-order valence-electron chi connectivity index (χ0n) is 16.6. The number of aromatic nitrogens is 5. The third-order valence-electron chi connectivity index (χ3n) is 4.39. The van der Waals surface area contributed by atoms with E-state index in [1.165, 1.54) is 23.1 Å². The summed E-state index contributed by atoms with van der Waals surface area (Å²) in [5.74, 6) is -1.44. The minimum absolute atomic E-state index is 0.119. The Morgan fingerprint density at radius 2 is 1.94 bits per heavy atom. The molecule has 170 valence electrons. The first-order valence-electron chi connectivity index (χ1n) is 9.22. The molecule has 0 fully saturated rings. The minimum atomic E-state index is -4.69. The van der Waals surface area contributed by atoms with Gasteiger partial charge in [-0.1, -0.05) is 11.6 Å². The topological polar surface area (TPSA) is 114 Å². The molecule has 0 saturated heterocycles. The lowest BCUT2D eigenvalue weighted by molar-refractivity contribution is -0.137. The normalized spacial score (nSPS) is 12.5. The van der Waals surface area contributed by atoms with Crippen molar-refractivity contribution >= 4 is 46.2 Å². The van der Waals surface area contributed by atoms with E-state index < -0.39 is 34.6 Å². The number of hydrogen-bond donors (Lipinski definition) is 2. The highest BCUT2D eigenvalue weighted by atomic mass is 35.5. The molecule has 0 aromatic carbocycles. The Balaban J connectivity index is 1.45. The smallest absolute Gasteiger partial charge is 0.343 e. The second kappa shape index (κ2) is 8.75. The van der Waals surface area contributed by atoms with Gasteiger partial charge in [0.25, 0.3) is 11.8 Å². The number of nitrogens with one attached hydrogen (secondary N) is 2. The van der Waals surface area contributed by atoms with E-state index in [0.717, 1.165) is 17.5 Å². The fourth-order valence-electron chi connectivity index (χ4n) is 2.82. The maximum absolute atomic E-state index is 13.0. The second-order valence-corrected chi connectivity index (χ2v) is 8.17. The van der Waals surface area contributed by atoms with Crippen LogP contribution >= 0.6 is 22.9 Å². The van der Waals surface area contributed by atoms with Crippen LogP contribution in [0, 0.1) is 0 Å². The third-order valence-corrected chi connectivity index (χ3v) is 5.87. The summed E-state index contributed by atoms with van der Waals surface area (Å²) in [4.78, 5) is 37.1. The van der Waals surface area contributed by atoms with Gasteiger partial charge in [-0.3, -0.25) is 9.59 Å². The Bertz CT molecular complexity index is 1350. The van der Waals surface area contributed by atoms with Crippen LogP contribution in [0.25, 0.3) is 5.65 Å². The first-order chi connectivity index (χ1) is 15.6. The quantitative estimate of drug-likeness (QED) is 0.432. The molecule has 33 heavy (non-hydrogen) atoms. The van der Waals surface area contributed by atoms with Crippen LogP contribution in [-0.2, 0) is 6.18 Å². The van der Waals surface area contributed by atoms with Crippen LogP contribution in [0.2, 0.25) is 5.02 Å². The molecule has 0 aliphatic carbocycles. The van der Waals surface area contributed by atoms with E-state index in [2.05, 4.69) is 30.7 Å². The highest BCUT2D eigenvalue weighted by Gasteiger charge is 2.34. The van der Waals surface area contributed by atoms with Gasteiger partial charge in [-0.15, -0.1) is 11.3 Å². The summed E-state index contributed by atoms with van der Waals surface area (Å²) in [6, 6.07) is 1.76. The molecule has 14 heteroatoms. The van der Waals surface area contributed by atoms with Gasteiger partial charge in [0.05, 0.1) is 29.0 Å². The predicted octanol–water partition coefficient (Wildman–Crippen LogP) is 4.00. The average Bonchev–Trinajstić information content (AvgIpc) is 3.42. The summed E-state index contributed by atoms with van der Waals surface area (Å²) < 4.78 is 40.5. The lowest BCUT2D eigenvalue weighted by Gasteiger charge is -2.11. The number of anilines is 1. The van der Waals surface area contributed by atoms with Crippen molar-refractivity contribution in [2.45, 2.75) is 19.1 Å². The summed E-state index contributed by atoms with van der Waals surface area (Å²) in [6.45, 7) is 1.67. The number of carbonyl (C=O) groups is 2. The van der Waals surface area contributed by atoms with Crippen LogP contribution in [0.1, 0.15) is 43.6 Å². The first kappa shape index (κ1) is 22.6. The van der Waals surface area contributed by atoms with Crippen LogP contribution in [-0.4, -0.2) is 36.4 Å². The van der Waals surface area contributed by atoms with Gasteiger partial charge in [0.1, 0.15) is 21.3 Å². The summed E-state index contributed by atoms with van der Waals surface area (Å²) >= 11 is 6.51. The van der Waals surface area contributed by atoms with Crippen molar-refractivity contribution in [3.05, 3.63) is 69.2 Å². The Morgan fingerprint density at radius 1 is 1.15 bits per heavy atom. The van der Waals surface area contributed by atoms with E-state index in [1.54, 1.807) is 19.2 Å². The lowest BCUT2D eigenvalue weighted by atomic mass is 10.2. The van der Waals surface area contributed by atoms with E-state index in [-0.39, 0.29) is 16.3 Å². The fraction of sp³-hybridized carbons (Fsp3) is 0.158. The molecule has 0 saturated carbocycles. The number of rotatable bonds is 5. The third kappa shape index (κ3) is 4.78. The molecular formula is C19H13ClF3N7O2S. The van der Waals surface area contributed by atoms with Crippen molar-refractivity contribution in [3.8, 4) is 0 Å². The number of fused-ring (bicyclic) bond motifs is 1. The average molecular weight is 496 g/mol. The molecule has 4 heterocycles. The van der Waals surface area contributed by atoms with Crippen molar-refractivity contribution in [2.75, 3.05) is 5.32 Å². The predicted molar refractivity (Wildman–Crippen MR) is 113 cm³/mol. The van der Waals surface area contributed by atoms with Crippen LogP contribution in [0.4, 0.5) is 19.0 Å². The summed E-state index contributed by atoms with van der Waals surface area (Å²) in [7, 11) is 0. The number of hydrogen-bond acceptors (Lipinski definition) is 7.